The fourth-order valence-corrected chi connectivity index (χ4v) is 3.75. The van der Waals surface area contributed by atoms with Crippen molar-refractivity contribution in [1.82, 2.24) is 14.9 Å². The third kappa shape index (κ3) is 4.75. The van der Waals surface area contributed by atoms with Crippen molar-refractivity contribution >= 4 is 23.5 Å². The van der Waals surface area contributed by atoms with E-state index in [1.807, 2.05) is 4.90 Å². The Bertz CT molecular complexity index is 1000. The van der Waals surface area contributed by atoms with Crippen molar-refractivity contribution in [3.63, 3.8) is 0 Å². The van der Waals surface area contributed by atoms with Gasteiger partial charge in [0.25, 0.3) is 0 Å². The van der Waals surface area contributed by atoms with Crippen molar-refractivity contribution in [3.05, 3.63) is 42.0 Å². The van der Waals surface area contributed by atoms with Gasteiger partial charge in [-0.05, 0) is 0 Å². The predicted molar refractivity (Wildman–Crippen MR) is 114 cm³/mol. The molecule has 0 saturated carbocycles. The number of aromatic nitrogens is 2. The lowest BCUT2D eigenvalue weighted by Gasteiger charge is -2.27. The number of aliphatic hydroxyl groups excluding tert-OH is 1. The molecule has 0 spiro atoms. The Hall–Kier alpha value is -3.40. The summed E-state index contributed by atoms with van der Waals surface area (Å²) in [7, 11) is 0. The first-order chi connectivity index (χ1) is 15.6. The maximum Gasteiger partial charge on any atom is 0.229 e. The number of carbonyl (C=O) groups is 2. The zero-order valence-electron chi connectivity index (χ0n) is 17.5. The highest BCUT2D eigenvalue weighted by molar-refractivity contribution is 6.01. The van der Waals surface area contributed by atoms with Crippen LogP contribution in [0.1, 0.15) is 31.2 Å². The number of halogens is 1. The number of amides is 2. The van der Waals surface area contributed by atoms with Crippen LogP contribution >= 0.6 is 0 Å². The lowest BCUT2D eigenvalue weighted by molar-refractivity contribution is -0.139. The molecule has 2 aliphatic heterocycles. The van der Waals surface area contributed by atoms with E-state index in [0.29, 0.717) is 43.0 Å². The quantitative estimate of drug-likeness (QED) is 0.397. The van der Waals surface area contributed by atoms with Crippen LogP contribution in [-0.2, 0) is 21.0 Å². The van der Waals surface area contributed by atoms with Crippen LogP contribution in [0, 0.1) is 5.82 Å². The molecule has 0 bridgehead atoms. The fourth-order valence-electron chi connectivity index (χ4n) is 3.75. The molecular formula is C22H24FN5O4. The summed E-state index contributed by atoms with van der Waals surface area (Å²) in [5, 5.41) is 13.4. The van der Waals surface area contributed by atoms with Crippen molar-refractivity contribution in [1.29, 1.82) is 0 Å². The van der Waals surface area contributed by atoms with Crippen LogP contribution in [0.3, 0.4) is 0 Å². The zero-order valence-corrected chi connectivity index (χ0v) is 17.5. The number of nitrogens with zero attached hydrogens (tertiary/aromatic N) is 5. The van der Waals surface area contributed by atoms with Crippen molar-refractivity contribution in [2.45, 2.75) is 32.3 Å². The van der Waals surface area contributed by atoms with Gasteiger partial charge in [0.15, 0.2) is 0 Å². The van der Waals surface area contributed by atoms with E-state index in [0.717, 1.165) is 5.71 Å². The van der Waals surface area contributed by atoms with Crippen LogP contribution in [0.15, 0.2) is 35.7 Å². The molecule has 0 atom stereocenters. The fraction of sp³-hybridized carbons (Fsp3) is 0.409. The average molecular weight is 441 g/mol. The normalized spacial score (nSPS) is 16.6. The average Bonchev–Trinajstić information content (AvgIpc) is 3.14. The second kappa shape index (κ2) is 9.82. The van der Waals surface area contributed by atoms with Gasteiger partial charge in [-0.25, -0.2) is 14.4 Å². The van der Waals surface area contributed by atoms with Crippen LogP contribution in [0.25, 0.3) is 11.1 Å². The monoisotopic (exact) mass is 441 g/mol. The number of piperidine rings is 1. The summed E-state index contributed by atoms with van der Waals surface area (Å²) in [4.78, 5) is 40.4. The number of imide groups is 1. The summed E-state index contributed by atoms with van der Waals surface area (Å²) in [6, 6.07) is 4.86. The second-order valence-corrected chi connectivity index (χ2v) is 7.63. The van der Waals surface area contributed by atoms with Crippen LogP contribution in [0.2, 0.25) is 0 Å². The van der Waals surface area contributed by atoms with E-state index in [1.54, 1.807) is 24.5 Å². The van der Waals surface area contributed by atoms with Gasteiger partial charge in [-0.15, -0.1) is 0 Å². The molecule has 3 heterocycles. The zero-order chi connectivity index (χ0) is 22.5. The van der Waals surface area contributed by atoms with E-state index in [2.05, 4.69) is 15.1 Å². The minimum absolute atomic E-state index is 0.158. The Labute approximate surface area is 184 Å². The first-order valence-corrected chi connectivity index (χ1v) is 10.5. The van der Waals surface area contributed by atoms with E-state index in [4.69, 9.17) is 4.84 Å². The SMILES string of the molecule is O=C1CCC(=O)N1CCON=C1CCN(c2ncc(-c3cccc(CO)c3F)cn2)CC1. The predicted octanol–water partition coefficient (Wildman–Crippen LogP) is 1.90. The van der Waals surface area contributed by atoms with Gasteiger partial charge in [0.2, 0.25) is 17.8 Å². The molecule has 1 N–H and O–H groups in total. The van der Waals surface area contributed by atoms with Gasteiger partial charge in [-0.1, -0.05) is 23.4 Å². The molecule has 2 fully saturated rings. The highest BCUT2D eigenvalue weighted by Crippen LogP contribution is 2.25. The van der Waals surface area contributed by atoms with Gasteiger partial charge in [-0.2, -0.15) is 0 Å². The minimum atomic E-state index is -0.469. The third-order valence-electron chi connectivity index (χ3n) is 5.58. The van der Waals surface area contributed by atoms with E-state index < -0.39 is 5.82 Å². The number of carbonyl (C=O) groups excluding carboxylic acids is 2. The number of aliphatic hydroxyl groups is 1. The molecule has 2 saturated heterocycles. The highest BCUT2D eigenvalue weighted by Gasteiger charge is 2.28. The Morgan fingerprint density at radius 2 is 1.75 bits per heavy atom. The summed E-state index contributed by atoms with van der Waals surface area (Å²) >= 11 is 0. The molecule has 4 rings (SSSR count). The van der Waals surface area contributed by atoms with Crippen LogP contribution in [0.5, 0.6) is 0 Å². The molecule has 0 aliphatic carbocycles. The van der Waals surface area contributed by atoms with Gasteiger partial charge in [-0.3, -0.25) is 14.5 Å². The molecule has 10 heteroatoms. The van der Waals surface area contributed by atoms with Gasteiger partial charge in [0, 0.05) is 67.9 Å². The molecule has 9 nitrogen and oxygen atoms in total. The van der Waals surface area contributed by atoms with Crippen LogP contribution in [-0.4, -0.2) is 63.7 Å². The van der Waals surface area contributed by atoms with E-state index in [9.17, 15) is 19.1 Å². The van der Waals surface area contributed by atoms with Crippen LogP contribution < -0.4 is 4.90 Å². The van der Waals surface area contributed by atoms with Crippen molar-refractivity contribution in [2.24, 2.45) is 5.16 Å². The standard InChI is InChI=1S/C22H24FN5O4/c23-21-15(14-29)2-1-3-18(21)16-12-24-22(25-13-16)27-8-6-17(7-9-27)26-32-11-10-28-19(30)4-5-20(28)31/h1-3,12-13,29H,4-11,14H2. The lowest BCUT2D eigenvalue weighted by Crippen LogP contribution is -2.35. The lowest BCUT2D eigenvalue weighted by atomic mass is 10.1. The molecule has 168 valence electrons. The molecule has 1 aromatic carbocycles. The largest absolute Gasteiger partial charge is 0.394 e. The van der Waals surface area contributed by atoms with Gasteiger partial charge in [0.05, 0.1) is 18.9 Å². The first kappa shape index (κ1) is 21.8. The van der Waals surface area contributed by atoms with E-state index >= 15 is 0 Å². The smallest absolute Gasteiger partial charge is 0.229 e. The summed E-state index contributed by atoms with van der Waals surface area (Å²) in [6.07, 6.45) is 5.07. The molecule has 32 heavy (non-hydrogen) atoms. The first-order valence-electron chi connectivity index (χ1n) is 10.5. The van der Waals surface area contributed by atoms with Gasteiger partial charge < -0.3 is 14.8 Å². The molecule has 2 amide bonds. The Kier molecular flexibility index (Phi) is 6.69. The summed E-state index contributed by atoms with van der Waals surface area (Å²) in [6.45, 7) is 1.37. The van der Waals surface area contributed by atoms with Crippen LogP contribution in [0.4, 0.5) is 10.3 Å². The number of likely N-dealkylation sites (tertiary alicyclic amines) is 1. The van der Waals surface area contributed by atoms with Crippen molar-refractivity contribution in [2.75, 3.05) is 31.1 Å². The number of hydrogen-bond donors (Lipinski definition) is 1. The Morgan fingerprint density at radius 3 is 2.41 bits per heavy atom. The molecule has 2 aliphatic rings. The minimum Gasteiger partial charge on any atom is -0.394 e. The topological polar surface area (TPSA) is 108 Å². The maximum absolute atomic E-state index is 14.4. The van der Waals surface area contributed by atoms with Crippen molar-refractivity contribution in [3.8, 4) is 11.1 Å². The number of anilines is 1. The number of hydrogen-bond acceptors (Lipinski definition) is 8. The second-order valence-electron chi connectivity index (χ2n) is 7.63. The third-order valence-corrected chi connectivity index (χ3v) is 5.58. The molecule has 0 unspecified atom stereocenters. The highest BCUT2D eigenvalue weighted by atomic mass is 19.1. The maximum atomic E-state index is 14.4. The molecule has 2 aromatic rings. The number of rotatable bonds is 7. The summed E-state index contributed by atoms with van der Waals surface area (Å²) < 4.78 is 14.4. The molecular weight excluding hydrogens is 417 g/mol. The molecule has 1 aromatic heterocycles. The Balaban J connectivity index is 1.28. The van der Waals surface area contributed by atoms with Gasteiger partial charge >= 0.3 is 0 Å². The number of benzene rings is 1. The van der Waals surface area contributed by atoms with Crippen molar-refractivity contribution < 1.29 is 23.9 Å². The van der Waals surface area contributed by atoms with Gasteiger partial charge in [0.1, 0.15) is 12.4 Å². The number of oxime groups is 1. The summed E-state index contributed by atoms with van der Waals surface area (Å²) in [5.41, 5.74) is 2.03. The van der Waals surface area contributed by atoms with E-state index in [-0.39, 0.29) is 50.0 Å². The van der Waals surface area contributed by atoms with E-state index in [1.165, 1.54) is 11.0 Å². The molecule has 0 radical (unpaired) electrons. The Morgan fingerprint density at radius 1 is 1.06 bits per heavy atom. The summed E-state index contributed by atoms with van der Waals surface area (Å²) in [5.74, 6) is -0.231.